The van der Waals surface area contributed by atoms with Gasteiger partial charge in [-0.05, 0) is 29.7 Å². The average molecular weight is 192 g/mol. The van der Waals surface area contributed by atoms with Gasteiger partial charge < -0.3 is 11.1 Å². The predicted octanol–water partition coefficient (Wildman–Crippen LogP) is 1.75. The minimum absolute atomic E-state index is 0.0769. The molecule has 1 rings (SSSR count). The summed E-state index contributed by atoms with van der Waals surface area (Å²) in [6, 6.07) is 5.36. The van der Waals surface area contributed by atoms with Gasteiger partial charge in [-0.3, -0.25) is 4.79 Å². The Balaban J connectivity index is 3.13. The van der Waals surface area contributed by atoms with Gasteiger partial charge in [0.05, 0.1) is 0 Å². The smallest absolute Gasteiger partial charge is 0.251 e. The molecule has 3 nitrogen and oxygen atoms in total. The van der Waals surface area contributed by atoms with Gasteiger partial charge in [0.1, 0.15) is 0 Å². The number of carbonyl (C=O) groups excluding carboxylic acids is 1. The molecule has 0 aliphatic heterocycles. The number of carbonyl (C=O) groups is 1. The number of hydrogen-bond acceptors (Lipinski definition) is 2. The van der Waals surface area contributed by atoms with Crippen molar-refractivity contribution < 1.29 is 4.79 Å². The normalized spacial score (nSPS) is 10.3. The quantitative estimate of drug-likeness (QED) is 0.701. The van der Waals surface area contributed by atoms with E-state index in [9.17, 15) is 4.79 Å². The van der Waals surface area contributed by atoms with Crippen LogP contribution in [0.1, 0.15) is 35.7 Å². The van der Waals surface area contributed by atoms with Crippen LogP contribution in [0, 0.1) is 0 Å². The number of anilines is 1. The van der Waals surface area contributed by atoms with Crippen molar-refractivity contribution in [1.29, 1.82) is 0 Å². The fourth-order valence-corrected chi connectivity index (χ4v) is 1.36. The molecule has 0 aliphatic rings. The minimum Gasteiger partial charge on any atom is -0.398 e. The van der Waals surface area contributed by atoms with Crippen LogP contribution in [0.25, 0.3) is 0 Å². The van der Waals surface area contributed by atoms with E-state index in [4.69, 9.17) is 5.73 Å². The van der Waals surface area contributed by atoms with Gasteiger partial charge in [0.2, 0.25) is 0 Å². The summed E-state index contributed by atoms with van der Waals surface area (Å²) in [7, 11) is 1.62. The SMILES string of the molecule is CNC(=O)c1ccc(N)c(C(C)C)c1. The molecule has 0 unspecified atom stereocenters. The molecule has 3 heteroatoms. The first-order valence-corrected chi connectivity index (χ1v) is 4.67. The lowest BCUT2D eigenvalue weighted by atomic mass is 9.98. The second-order valence-electron chi connectivity index (χ2n) is 3.58. The highest BCUT2D eigenvalue weighted by atomic mass is 16.1. The number of rotatable bonds is 2. The van der Waals surface area contributed by atoms with Gasteiger partial charge in [0.25, 0.3) is 5.91 Å². The first-order chi connectivity index (χ1) is 6.56. The lowest BCUT2D eigenvalue weighted by Gasteiger charge is -2.10. The summed E-state index contributed by atoms with van der Waals surface area (Å²) in [5, 5.41) is 2.59. The third-order valence-corrected chi connectivity index (χ3v) is 2.20. The van der Waals surface area contributed by atoms with Crippen molar-refractivity contribution in [3.63, 3.8) is 0 Å². The topological polar surface area (TPSA) is 55.1 Å². The summed E-state index contributed by atoms with van der Waals surface area (Å²) in [6.07, 6.45) is 0. The number of amides is 1. The zero-order chi connectivity index (χ0) is 10.7. The van der Waals surface area contributed by atoms with Crippen LogP contribution in [0.3, 0.4) is 0 Å². The Morgan fingerprint density at radius 3 is 2.57 bits per heavy atom. The Bertz CT molecular complexity index is 345. The average Bonchev–Trinajstić information content (AvgIpc) is 2.17. The summed E-state index contributed by atoms with van der Waals surface area (Å²) in [5.74, 6) is 0.256. The van der Waals surface area contributed by atoms with E-state index in [1.807, 2.05) is 6.07 Å². The molecule has 0 saturated carbocycles. The molecule has 0 radical (unpaired) electrons. The van der Waals surface area contributed by atoms with E-state index >= 15 is 0 Å². The number of nitrogens with two attached hydrogens (primary N) is 1. The highest BCUT2D eigenvalue weighted by Crippen LogP contribution is 2.22. The number of benzene rings is 1. The predicted molar refractivity (Wildman–Crippen MR) is 58.3 cm³/mol. The maximum Gasteiger partial charge on any atom is 0.251 e. The maximum atomic E-state index is 11.3. The summed E-state index contributed by atoms with van der Waals surface area (Å²) in [6.45, 7) is 4.11. The van der Waals surface area contributed by atoms with E-state index in [2.05, 4.69) is 19.2 Å². The summed E-state index contributed by atoms with van der Waals surface area (Å²) in [5.41, 5.74) is 8.22. The van der Waals surface area contributed by atoms with Gasteiger partial charge in [0, 0.05) is 18.3 Å². The lowest BCUT2D eigenvalue weighted by Crippen LogP contribution is -2.18. The van der Waals surface area contributed by atoms with Crippen molar-refractivity contribution in [3.05, 3.63) is 29.3 Å². The first-order valence-electron chi connectivity index (χ1n) is 4.67. The van der Waals surface area contributed by atoms with Crippen molar-refractivity contribution >= 4 is 11.6 Å². The molecule has 0 aromatic heterocycles. The van der Waals surface area contributed by atoms with E-state index in [0.717, 1.165) is 11.3 Å². The van der Waals surface area contributed by atoms with Gasteiger partial charge in [-0.15, -0.1) is 0 Å². The zero-order valence-corrected chi connectivity index (χ0v) is 8.79. The molecule has 0 saturated heterocycles. The molecule has 0 atom stereocenters. The van der Waals surface area contributed by atoms with Gasteiger partial charge in [-0.25, -0.2) is 0 Å². The first kappa shape index (κ1) is 10.6. The van der Waals surface area contributed by atoms with E-state index in [1.54, 1.807) is 19.2 Å². The van der Waals surface area contributed by atoms with Crippen molar-refractivity contribution in [3.8, 4) is 0 Å². The van der Waals surface area contributed by atoms with Gasteiger partial charge in [-0.1, -0.05) is 13.8 Å². The van der Waals surface area contributed by atoms with Gasteiger partial charge in [-0.2, -0.15) is 0 Å². The Hall–Kier alpha value is -1.51. The minimum atomic E-state index is -0.0769. The molecule has 14 heavy (non-hydrogen) atoms. The lowest BCUT2D eigenvalue weighted by molar-refractivity contribution is 0.0963. The molecule has 0 aliphatic carbocycles. The fourth-order valence-electron chi connectivity index (χ4n) is 1.36. The number of nitrogens with one attached hydrogen (secondary N) is 1. The van der Waals surface area contributed by atoms with Crippen molar-refractivity contribution in [2.24, 2.45) is 0 Å². The molecule has 1 aromatic rings. The number of nitrogen functional groups attached to an aromatic ring is 1. The van der Waals surface area contributed by atoms with Crippen molar-refractivity contribution in [1.82, 2.24) is 5.32 Å². The molecule has 1 amide bonds. The summed E-state index contributed by atoms with van der Waals surface area (Å²) in [4.78, 5) is 11.3. The third kappa shape index (κ3) is 2.05. The van der Waals surface area contributed by atoms with Crippen LogP contribution in [0.5, 0.6) is 0 Å². The Labute approximate surface area is 84.3 Å². The summed E-state index contributed by atoms with van der Waals surface area (Å²) < 4.78 is 0. The molecule has 0 bridgehead atoms. The second kappa shape index (κ2) is 4.13. The van der Waals surface area contributed by atoms with Crippen LogP contribution in [0.2, 0.25) is 0 Å². The molecule has 0 spiro atoms. The van der Waals surface area contributed by atoms with E-state index in [0.29, 0.717) is 11.5 Å². The largest absolute Gasteiger partial charge is 0.398 e. The standard InChI is InChI=1S/C11H16N2O/c1-7(2)9-6-8(11(14)13-3)4-5-10(9)12/h4-7H,12H2,1-3H3,(H,13,14). The molecule has 3 N–H and O–H groups in total. The van der Waals surface area contributed by atoms with Crippen molar-refractivity contribution in [2.75, 3.05) is 12.8 Å². The van der Waals surface area contributed by atoms with E-state index in [1.165, 1.54) is 0 Å². The monoisotopic (exact) mass is 192 g/mol. The maximum absolute atomic E-state index is 11.3. The zero-order valence-electron chi connectivity index (χ0n) is 8.79. The second-order valence-corrected chi connectivity index (χ2v) is 3.58. The molecular weight excluding hydrogens is 176 g/mol. The molecular formula is C11H16N2O. The van der Waals surface area contributed by atoms with Gasteiger partial charge >= 0.3 is 0 Å². The van der Waals surface area contributed by atoms with Gasteiger partial charge in [0.15, 0.2) is 0 Å². The van der Waals surface area contributed by atoms with Crippen molar-refractivity contribution in [2.45, 2.75) is 19.8 Å². The van der Waals surface area contributed by atoms with Crippen LogP contribution < -0.4 is 11.1 Å². The Morgan fingerprint density at radius 2 is 2.07 bits per heavy atom. The Morgan fingerprint density at radius 1 is 1.43 bits per heavy atom. The Kier molecular flexibility index (Phi) is 3.12. The van der Waals surface area contributed by atoms with Crippen LogP contribution in [0.4, 0.5) is 5.69 Å². The fraction of sp³-hybridized carbons (Fsp3) is 0.364. The van der Waals surface area contributed by atoms with Crippen LogP contribution >= 0.6 is 0 Å². The highest BCUT2D eigenvalue weighted by Gasteiger charge is 2.08. The van der Waals surface area contributed by atoms with E-state index in [-0.39, 0.29) is 5.91 Å². The third-order valence-electron chi connectivity index (χ3n) is 2.20. The van der Waals surface area contributed by atoms with Crippen LogP contribution in [-0.2, 0) is 0 Å². The molecule has 0 fully saturated rings. The van der Waals surface area contributed by atoms with Crippen LogP contribution in [-0.4, -0.2) is 13.0 Å². The van der Waals surface area contributed by atoms with E-state index < -0.39 is 0 Å². The summed E-state index contributed by atoms with van der Waals surface area (Å²) >= 11 is 0. The highest BCUT2D eigenvalue weighted by molar-refractivity contribution is 5.94. The molecule has 76 valence electrons. The molecule has 1 aromatic carbocycles. The number of hydrogen-bond donors (Lipinski definition) is 2. The van der Waals surface area contributed by atoms with Crippen LogP contribution in [0.15, 0.2) is 18.2 Å². The molecule has 0 heterocycles.